The van der Waals surface area contributed by atoms with Crippen molar-refractivity contribution in [3.05, 3.63) is 4.60 Å². The van der Waals surface area contributed by atoms with Gasteiger partial charge >= 0.3 is 0 Å². The zero-order valence-corrected chi connectivity index (χ0v) is 13.7. The summed E-state index contributed by atoms with van der Waals surface area (Å²) in [4.78, 5) is 0. The average molecular weight is 339 g/mol. The van der Waals surface area contributed by atoms with Crippen molar-refractivity contribution in [2.45, 2.75) is 38.8 Å². The maximum atomic E-state index is 12.6. The van der Waals surface area contributed by atoms with E-state index in [0.29, 0.717) is 6.54 Å². The van der Waals surface area contributed by atoms with Gasteiger partial charge in [0.25, 0.3) is 10.0 Å². The number of halogens is 1. The van der Waals surface area contributed by atoms with Gasteiger partial charge in [-0.25, -0.2) is 13.1 Å². The average Bonchev–Trinajstić information content (AvgIpc) is 2.54. The molecule has 0 spiro atoms. The fourth-order valence-corrected chi connectivity index (χ4v) is 4.49. The fraction of sp³-hybridized carbons (Fsp3) is 0.800. The quantitative estimate of drug-likeness (QED) is 0.818. The molecule has 0 amide bonds. The Morgan fingerprint density at radius 2 is 1.89 bits per heavy atom. The molecule has 1 aromatic heterocycles. The van der Waals surface area contributed by atoms with E-state index in [2.05, 4.69) is 26.2 Å². The van der Waals surface area contributed by atoms with Crippen LogP contribution in [-0.4, -0.2) is 40.3 Å². The largest absolute Gasteiger partial charge is 0.263 e. The summed E-state index contributed by atoms with van der Waals surface area (Å²) >= 11 is 3.14. The minimum Gasteiger partial charge on any atom is -0.235 e. The summed E-state index contributed by atoms with van der Waals surface area (Å²) in [6.07, 6.45) is 0. The highest BCUT2D eigenvalue weighted by atomic mass is 79.9. The lowest BCUT2D eigenvalue weighted by Crippen LogP contribution is -2.40. The first-order valence-corrected chi connectivity index (χ1v) is 7.98. The zero-order valence-electron chi connectivity index (χ0n) is 11.3. The second-order valence-electron chi connectivity index (χ2n) is 4.87. The number of hydrogen-bond donors (Lipinski definition) is 0. The number of aromatic nitrogens is 3. The molecule has 0 saturated carbocycles. The molecule has 1 rings (SSSR count). The lowest BCUT2D eigenvalue weighted by molar-refractivity contribution is 0.316. The van der Waals surface area contributed by atoms with Crippen molar-refractivity contribution in [1.82, 2.24) is 19.3 Å². The van der Waals surface area contributed by atoms with E-state index >= 15 is 0 Å². The van der Waals surface area contributed by atoms with Crippen molar-refractivity contribution >= 4 is 26.0 Å². The highest BCUT2D eigenvalue weighted by Crippen LogP contribution is 2.24. The third-order valence-corrected chi connectivity index (χ3v) is 5.34. The Bertz CT molecular complexity index is 490. The van der Waals surface area contributed by atoms with E-state index in [4.69, 9.17) is 0 Å². The number of sulfonamides is 1. The Kier molecular flexibility index (Phi) is 4.90. The van der Waals surface area contributed by atoms with Gasteiger partial charge in [-0.05, 0) is 35.7 Å². The smallest absolute Gasteiger partial charge is 0.235 e. The van der Waals surface area contributed by atoms with Crippen molar-refractivity contribution < 1.29 is 8.42 Å². The summed E-state index contributed by atoms with van der Waals surface area (Å²) in [5.74, 6) is 0.252. The third kappa shape index (κ3) is 3.10. The van der Waals surface area contributed by atoms with Gasteiger partial charge in [-0.3, -0.25) is 0 Å². The Hall–Kier alpha value is -0.470. The minimum absolute atomic E-state index is 0.0943. The first-order valence-electron chi connectivity index (χ1n) is 5.75. The molecule has 8 heteroatoms. The van der Waals surface area contributed by atoms with E-state index in [-0.39, 0.29) is 21.6 Å². The molecule has 0 bridgehead atoms. The van der Waals surface area contributed by atoms with Crippen LogP contribution in [0.4, 0.5) is 0 Å². The molecule has 0 N–H and O–H groups in total. The summed E-state index contributed by atoms with van der Waals surface area (Å²) in [6.45, 7) is 8.16. The Morgan fingerprint density at radius 3 is 2.22 bits per heavy atom. The number of aryl methyl sites for hydroxylation is 1. The number of nitrogens with zero attached hydrogens (tertiary/aromatic N) is 4. The van der Waals surface area contributed by atoms with Crippen LogP contribution in [0, 0.1) is 5.92 Å². The summed E-state index contributed by atoms with van der Waals surface area (Å²) in [5.41, 5.74) is 0. The molecule has 0 saturated heterocycles. The molecule has 0 aromatic carbocycles. The molecule has 0 unspecified atom stereocenters. The summed E-state index contributed by atoms with van der Waals surface area (Å²) in [5, 5.41) is 7.54. The molecule has 1 aromatic rings. The number of rotatable bonds is 5. The van der Waals surface area contributed by atoms with Crippen LogP contribution in [0.25, 0.3) is 0 Å². The minimum atomic E-state index is -3.59. The second kappa shape index (κ2) is 5.66. The molecule has 0 radical (unpaired) electrons. The second-order valence-corrected chi connectivity index (χ2v) is 7.43. The van der Waals surface area contributed by atoms with Gasteiger partial charge in [-0.15, -0.1) is 5.10 Å². The maximum absolute atomic E-state index is 12.6. The predicted octanol–water partition coefficient (Wildman–Crippen LogP) is 1.63. The van der Waals surface area contributed by atoms with E-state index in [1.54, 1.807) is 7.05 Å². The van der Waals surface area contributed by atoms with E-state index < -0.39 is 10.0 Å². The van der Waals surface area contributed by atoms with Gasteiger partial charge in [0.2, 0.25) is 5.03 Å². The van der Waals surface area contributed by atoms with Crippen LogP contribution in [0.3, 0.4) is 0 Å². The van der Waals surface area contributed by atoms with Gasteiger partial charge in [0.15, 0.2) is 4.60 Å². The molecule has 0 aliphatic carbocycles. The Labute approximate surface area is 117 Å². The Balaban J connectivity index is 3.26. The van der Waals surface area contributed by atoms with Gasteiger partial charge in [0, 0.05) is 19.6 Å². The molecule has 0 aliphatic rings. The fourth-order valence-electron chi connectivity index (χ4n) is 1.65. The van der Waals surface area contributed by atoms with Gasteiger partial charge in [0.05, 0.1) is 0 Å². The van der Waals surface area contributed by atoms with Crippen LogP contribution < -0.4 is 0 Å². The monoisotopic (exact) mass is 338 g/mol. The van der Waals surface area contributed by atoms with Gasteiger partial charge in [0.1, 0.15) is 0 Å². The maximum Gasteiger partial charge on any atom is 0.263 e. The molecule has 18 heavy (non-hydrogen) atoms. The highest BCUT2D eigenvalue weighted by Gasteiger charge is 2.32. The normalized spacial score (nSPS) is 12.9. The van der Waals surface area contributed by atoms with Crippen LogP contribution >= 0.6 is 15.9 Å². The topological polar surface area (TPSA) is 68.1 Å². The van der Waals surface area contributed by atoms with E-state index in [1.807, 2.05) is 27.7 Å². The Morgan fingerprint density at radius 1 is 1.33 bits per heavy atom. The van der Waals surface area contributed by atoms with E-state index in [0.717, 1.165) is 0 Å². The van der Waals surface area contributed by atoms with Crippen LogP contribution in [0.5, 0.6) is 0 Å². The van der Waals surface area contributed by atoms with Crippen molar-refractivity contribution in [2.75, 3.05) is 6.54 Å². The standard InChI is InChI=1S/C10H19BrN4O2S/c1-7(2)6-15(8(3)4)18(16,17)10-9(11)12-13-14(10)5/h7-8H,6H2,1-5H3. The molecular weight excluding hydrogens is 320 g/mol. The third-order valence-electron chi connectivity index (χ3n) is 2.41. The predicted molar refractivity (Wildman–Crippen MR) is 72.6 cm³/mol. The summed E-state index contributed by atoms with van der Waals surface area (Å²) < 4.78 is 28.2. The van der Waals surface area contributed by atoms with E-state index in [9.17, 15) is 8.42 Å². The first-order chi connectivity index (χ1) is 8.17. The van der Waals surface area contributed by atoms with Crippen molar-refractivity contribution in [3.8, 4) is 0 Å². The van der Waals surface area contributed by atoms with Crippen molar-refractivity contribution in [3.63, 3.8) is 0 Å². The molecule has 0 fully saturated rings. The van der Waals surface area contributed by atoms with Crippen molar-refractivity contribution in [2.24, 2.45) is 13.0 Å². The number of hydrogen-bond acceptors (Lipinski definition) is 4. The molecule has 104 valence electrons. The van der Waals surface area contributed by atoms with Crippen LogP contribution in [-0.2, 0) is 17.1 Å². The molecule has 6 nitrogen and oxygen atoms in total. The van der Waals surface area contributed by atoms with Gasteiger partial charge in [-0.1, -0.05) is 19.1 Å². The zero-order chi connectivity index (χ0) is 14.1. The lowest BCUT2D eigenvalue weighted by Gasteiger charge is -2.27. The van der Waals surface area contributed by atoms with Crippen LogP contribution in [0.2, 0.25) is 0 Å². The summed E-state index contributed by atoms with van der Waals surface area (Å²) in [6, 6.07) is -0.112. The SMILES string of the molecule is CC(C)CN(C(C)C)S(=O)(=O)c1c(Br)nnn1C. The van der Waals surface area contributed by atoms with Crippen molar-refractivity contribution in [1.29, 1.82) is 0 Å². The van der Waals surface area contributed by atoms with E-state index in [1.165, 1.54) is 8.99 Å². The molecule has 1 heterocycles. The van der Waals surface area contributed by atoms with Crippen LogP contribution in [0.15, 0.2) is 9.63 Å². The van der Waals surface area contributed by atoms with Gasteiger partial charge < -0.3 is 0 Å². The van der Waals surface area contributed by atoms with Crippen LogP contribution in [0.1, 0.15) is 27.7 Å². The molecule has 0 aliphatic heterocycles. The first kappa shape index (κ1) is 15.6. The highest BCUT2D eigenvalue weighted by molar-refractivity contribution is 9.10. The van der Waals surface area contributed by atoms with Gasteiger partial charge in [-0.2, -0.15) is 4.31 Å². The molecule has 0 atom stereocenters. The lowest BCUT2D eigenvalue weighted by atomic mass is 10.2. The molecular formula is C10H19BrN4O2S. The summed E-state index contributed by atoms with van der Waals surface area (Å²) in [7, 11) is -2.02.